The largest absolute Gasteiger partial charge is 3.00 e. The molecule has 1 unspecified atom stereocenters. The Kier molecular flexibility index (Phi) is 7.52. The van der Waals surface area contributed by atoms with E-state index in [0.717, 1.165) is 6.42 Å². The van der Waals surface area contributed by atoms with E-state index in [1.54, 1.807) is 0 Å². The van der Waals surface area contributed by atoms with Gasteiger partial charge in [-0.15, -0.1) is 11.1 Å². The van der Waals surface area contributed by atoms with E-state index in [0.29, 0.717) is 5.92 Å². The van der Waals surface area contributed by atoms with E-state index in [2.05, 4.69) is 75.4 Å². The Morgan fingerprint density at radius 1 is 0.960 bits per heavy atom. The van der Waals surface area contributed by atoms with Gasteiger partial charge in [-0.2, -0.15) is 24.3 Å². The molecule has 127 valence electrons. The molecule has 0 saturated heterocycles. The summed E-state index contributed by atoms with van der Waals surface area (Å²) in [5.41, 5.74) is 8.72. The third kappa shape index (κ3) is 3.90. The van der Waals surface area contributed by atoms with Gasteiger partial charge in [0.25, 0.3) is 0 Å². The Hall–Kier alpha value is -0.617. The summed E-state index contributed by atoms with van der Waals surface area (Å²) in [7, 11) is 0. The van der Waals surface area contributed by atoms with Crippen LogP contribution in [-0.4, -0.2) is 0 Å². The van der Waals surface area contributed by atoms with Gasteiger partial charge in [-0.1, -0.05) is 68.3 Å². The monoisotopic (exact) mass is 445 g/mol. The summed E-state index contributed by atoms with van der Waals surface area (Å²) >= 11 is 0. The van der Waals surface area contributed by atoms with Gasteiger partial charge in [0.2, 0.25) is 0 Å². The van der Waals surface area contributed by atoms with Gasteiger partial charge in [0.15, 0.2) is 0 Å². The molecule has 4 rings (SSSR count). The van der Waals surface area contributed by atoms with Gasteiger partial charge in [0.05, 0.1) is 0 Å². The van der Waals surface area contributed by atoms with E-state index < -0.39 is 0 Å². The average Bonchev–Trinajstić information content (AvgIpc) is 3.09. The third-order valence-corrected chi connectivity index (χ3v) is 4.87. The average molecular weight is 448 g/mol. The Morgan fingerprint density at radius 3 is 2.32 bits per heavy atom. The van der Waals surface area contributed by atoms with Crippen molar-refractivity contribution in [3.8, 4) is 11.1 Å². The molecule has 2 aliphatic carbocycles. The maximum absolute atomic E-state index is 3.51. The molecule has 0 heterocycles. The Balaban J connectivity index is 0.00000104. The van der Waals surface area contributed by atoms with Gasteiger partial charge < -0.3 is 24.8 Å². The zero-order chi connectivity index (χ0) is 15.3. The van der Waals surface area contributed by atoms with Crippen molar-refractivity contribution in [3.63, 3.8) is 0 Å². The number of hydrogen-bond acceptors (Lipinski definition) is 0. The second-order valence-electron chi connectivity index (χ2n) is 7.35. The fourth-order valence-electron chi connectivity index (χ4n) is 3.73. The summed E-state index contributed by atoms with van der Waals surface area (Å²) in [5.74, 6) is 0.378. The fourth-order valence-corrected chi connectivity index (χ4v) is 3.73. The fraction of sp³-hybridized carbons (Fsp3) is 0.273. The maximum Gasteiger partial charge on any atom is 3.00 e. The van der Waals surface area contributed by atoms with Gasteiger partial charge in [0, 0.05) is 5.92 Å². The molecular weight excluding hydrogens is 426 g/mol. The first-order valence-corrected chi connectivity index (χ1v) is 8.07. The van der Waals surface area contributed by atoms with Gasteiger partial charge in [-0.3, -0.25) is 0 Å². The molecule has 2 aliphatic rings. The minimum atomic E-state index is 0. The number of benzene rings is 2. The summed E-state index contributed by atoms with van der Waals surface area (Å²) in [5, 5.41) is 0. The molecule has 3 heteroatoms. The molecule has 0 bridgehead atoms. The molecule has 0 nitrogen and oxygen atoms in total. The van der Waals surface area contributed by atoms with E-state index in [4.69, 9.17) is 0 Å². The molecule has 0 aromatic heterocycles. The Morgan fingerprint density at radius 2 is 1.64 bits per heavy atom. The minimum Gasteiger partial charge on any atom is -1.00 e. The quantitative estimate of drug-likeness (QED) is 0.536. The van der Waals surface area contributed by atoms with Crippen LogP contribution in [-0.2, 0) is 26.2 Å². The van der Waals surface area contributed by atoms with Crippen molar-refractivity contribution >= 4 is 0 Å². The second-order valence-corrected chi connectivity index (χ2v) is 7.35. The van der Waals surface area contributed by atoms with E-state index in [1.165, 1.54) is 33.4 Å². The van der Waals surface area contributed by atoms with Crippen LogP contribution in [0.1, 0.15) is 44.2 Å². The third-order valence-electron chi connectivity index (χ3n) is 4.87. The number of rotatable bonds is 1. The van der Waals surface area contributed by atoms with Gasteiger partial charge >= 0.3 is 26.2 Å². The van der Waals surface area contributed by atoms with Crippen molar-refractivity contribution in [2.75, 3.05) is 0 Å². The van der Waals surface area contributed by atoms with Crippen LogP contribution in [0.2, 0.25) is 0 Å². The molecule has 0 spiro atoms. The van der Waals surface area contributed by atoms with Crippen LogP contribution in [0.15, 0.2) is 65.8 Å². The van der Waals surface area contributed by atoms with Crippen molar-refractivity contribution in [3.05, 3.63) is 83.0 Å². The van der Waals surface area contributed by atoms with E-state index in [-0.39, 0.29) is 56.4 Å². The molecule has 0 saturated carbocycles. The predicted molar refractivity (Wildman–Crippen MR) is 92.8 cm³/mol. The molecule has 25 heavy (non-hydrogen) atoms. The second kappa shape index (κ2) is 8.38. The minimum absolute atomic E-state index is 0. The van der Waals surface area contributed by atoms with Crippen LogP contribution in [0.5, 0.6) is 0 Å². The summed E-state index contributed by atoms with van der Waals surface area (Å²) in [6.07, 6.45) is 5.89. The SMILES string of the molecule is CC(C)(C)C1=CCC(C2c3[c-]cccc3-c3ccccc32)=C1.[Cl-].[Cl-].[Zr+3]. The number of allylic oxidation sites excluding steroid dienone is 4. The van der Waals surface area contributed by atoms with Crippen molar-refractivity contribution in [2.45, 2.75) is 33.1 Å². The van der Waals surface area contributed by atoms with Crippen molar-refractivity contribution in [2.24, 2.45) is 5.41 Å². The van der Waals surface area contributed by atoms with Crippen LogP contribution in [0.25, 0.3) is 11.1 Å². The Labute approximate surface area is 182 Å². The van der Waals surface area contributed by atoms with Crippen molar-refractivity contribution in [1.82, 2.24) is 0 Å². The topological polar surface area (TPSA) is 0 Å². The zero-order valence-corrected chi connectivity index (χ0v) is 18.7. The molecule has 0 fully saturated rings. The van der Waals surface area contributed by atoms with Crippen LogP contribution < -0.4 is 24.8 Å². The van der Waals surface area contributed by atoms with E-state index in [9.17, 15) is 0 Å². The van der Waals surface area contributed by atoms with Crippen molar-refractivity contribution in [1.29, 1.82) is 0 Å². The number of fused-ring (bicyclic) bond motifs is 3. The first kappa shape index (κ1) is 22.4. The smallest absolute Gasteiger partial charge is 1.00 e. The zero-order valence-electron chi connectivity index (χ0n) is 14.7. The summed E-state index contributed by atoms with van der Waals surface area (Å²) in [4.78, 5) is 0. The molecule has 2 aromatic carbocycles. The van der Waals surface area contributed by atoms with Crippen LogP contribution in [0.4, 0.5) is 0 Å². The first-order valence-electron chi connectivity index (χ1n) is 8.07. The maximum atomic E-state index is 3.51. The molecular formula is C22H21Cl2Zr. The molecule has 1 radical (unpaired) electrons. The standard InChI is InChI=1S/C22H21.2ClH.Zr/c1-22(2,3)16-13-12-15(14-16)21-19-10-6-4-8-17(19)18-9-5-7-11-20(18)21;;;/h4-10,13-14,21H,12H2,1-3H3;2*1H;/q-1;;;+3/p-2. The van der Waals surface area contributed by atoms with Gasteiger partial charge in [-0.05, 0) is 23.0 Å². The molecule has 2 aromatic rings. The van der Waals surface area contributed by atoms with E-state index >= 15 is 0 Å². The molecule has 1 atom stereocenters. The van der Waals surface area contributed by atoms with E-state index in [1.807, 2.05) is 6.07 Å². The van der Waals surface area contributed by atoms with Gasteiger partial charge in [-0.25, -0.2) is 0 Å². The normalized spacial score (nSPS) is 17.2. The number of halogens is 2. The predicted octanol–water partition coefficient (Wildman–Crippen LogP) is -0.0928. The molecule has 0 N–H and O–H groups in total. The van der Waals surface area contributed by atoms with Crippen LogP contribution in [0.3, 0.4) is 0 Å². The summed E-state index contributed by atoms with van der Waals surface area (Å²) in [6.45, 7) is 6.88. The van der Waals surface area contributed by atoms with Gasteiger partial charge in [0.1, 0.15) is 0 Å². The summed E-state index contributed by atoms with van der Waals surface area (Å²) < 4.78 is 0. The Bertz CT molecular complexity index is 767. The van der Waals surface area contributed by atoms with Crippen LogP contribution in [0, 0.1) is 11.5 Å². The summed E-state index contributed by atoms with van der Waals surface area (Å²) in [6, 6.07) is 18.7. The molecule has 0 amide bonds. The number of hydrogen-bond donors (Lipinski definition) is 0. The van der Waals surface area contributed by atoms with Crippen LogP contribution >= 0.6 is 0 Å². The van der Waals surface area contributed by atoms with Crippen molar-refractivity contribution < 1.29 is 51.0 Å². The first-order chi connectivity index (χ1) is 10.6. The molecule has 0 aliphatic heterocycles.